The minimum Gasteiger partial charge on any atom is -0.395 e. The summed E-state index contributed by atoms with van der Waals surface area (Å²) < 4.78 is 23.1. The zero-order chi connectivity index (χ0) is 37.2. The van der Waals surface area contributed by atoms with Gasteiger partial charge in [-0.3, -0.25) is 24.5 Å². The number of hydrogen-bond acceptors (Lipinski definition) is 7. The highest BCUT2D eigenvalue weighted by atomic mass is 28.4. The molecule has 3 aromatic carbocycles. The molecule has 3 aromatic rings. The molecular formula is C39H47FN4O7Si. The number of nitrogens with zero attached hydrogens (tertiary/aromatic N) is 4. The first-order valence-corrected chi connectivity index (χ1v) is 21.1. The van der Waals surface area contributed by atoms with Crippen LogP contribution in [-0.4, -0.2) is 66.9 Å². The summed E-state index contributed by atoms with van der Waals surface area (Å²) in [6.45, 7) is 5.61. The summed E-state index contributed by atoms with van der Waals surface area (Å²) in [5.41, 5.74) is 0.362. The van der Waals surface area contributed by atoms with Crippen LogP contribution in [-0.2, 0) is 37.8 Å². The number of fused-ring (bicyclic) bond motifs is 2. The number of carbonyl (C=O) groups excluding carboxylic acids is 3. The molecule has 276 valence electrons. The standard InChI is InChI=1S/C39H47FN4O7Si/c1-27-37(52(2,3)40)34(24-36(47)41(21-22-45)25-28-11-7-6-8-12-28)51-39(27)32-23-31(44(49)50)18-19-33(32)43(38(39)48)26-29-14-16-30(17-15-29)42-20-10-5-4-9-13-35(42)46/h6-8,11-12,14-19,23,27,34,37,45H,4-5,9-10,13,20-22,24-26H2,1-3H3/t27-,34+,37-,39+/m1/s1. The number of aliphatic hydroxyl groups is 1. The largest absolute Gasteiger partial charge is 0.395 e. The first-order valence-electron chi connectivity index (χ1n) is 18.1. The number of nitro benzene ring substituents is 1. The van der Waals surface area contributed by atoms with E-state index in [2.05, 4.69) is 0 Å². The van der Waals surface area contributed by atoms with Crippen LogP contribution in [0.5, 0.6) is 0 Å². The van der Waals surface area contributed by atoms with Gasteiger partial charge in [0.1, 0.15) is 0 Å². The highest BCUT2D eigenvalue weighted by Crippen LogP contribution is 2.60. The molecule has 2 saturated heterocycles. The summed E-state index contributed by atoms with van der Waals surface area (Å²) >= 11 is 0. The van der Waals surface area contributed by atoms with E-state index in [1.54, 1.807) is 6.92 Å². The fourth-order valence-corrected chi connectivity index (χ4v) is 10.9. The summed E-state index contributed by atoms with van der Waals surface area (Å²) in [6.07, 6.45) is 3.22. The molecule has 52 heavy (non-hydrogen) atoms. The van der Waals surface area contributed by atoms with Crippen molar-refractivity contribution >= 4 is 43.2 Å². The molecule has 0 aliphatic carbocycles. The van der Waals surface area contributed by atoms with E-state index in [0.717, 1.165) is 42.5 Å². The number of aliphatic hydroxyl groups excluding tert-OH is 1. The number of anilines is 2. The van der Waals surface area contributed by atoms with Crippen molar-refractivity contribution in [1.29, 1.82) is 0 Å². The lowest BCUT2D eigenvalue weighted by molar-refractivity contribution is -0.385. The molecule has 1 spiro atoms. The van der Waals surface area contributed by atoms with Crippen molar-refractivity contribution in [2.24, 2.45) is 5.92 Å². The molecule has 11 nitrogen and oxygen atoms in total. The Bertz CT molecular complexity index is 1800. The number of benzene rings is 3. The first-order chi connectivity index (χ1) is 24.8. The van der Waals surface area contributed by atoms with E-state index in [9.17, 15) is 29.6 Å². The summed E-state index contributed by atoms with van der Waals surface area (Å²) in [6, 6.07) is 21.1. The van der Waals surface area contributed by atoms with Crippen molar-refractivity contribution in [2.45, 2.75) is 88.9 Å². The van der Waals surface area contributed by atoms with E-state index in [-0.39, 0.29) is 55.7 Å². The zero-order valence-corrected chi connectivity index (χ0v) is 31.0. The monoisotopic (exact) mass is 730 g/mol. The van der Waals surface area contributed by atoms with Gasteiger partial charge in [-0.05, 0) is 55.3 Å². The van der Waals surface area contributed by atoms with Gasteiger partial charge >= 0.3 is 0 Å². The molecule has 6 rings (SSSR count). The Kier molecular flexibility index (Phi) is 10.9. The van der Waals surface area contributed by atoms with Crippen LogP contribution in [0.1, 0.15) is 62.1 Å². The van der Waals surface area contributed by atoms with Crippen molar-refractivity contribution in [3.05, 3.63) is 99.6 Å². The highest BCUT2D eigenvalue weighted by molar-refractivity contribution is 6.72. The van der Waals surface area contributed by atoms with E-state index in [4.69, 9.17) is 4.74 Å². The molecule has 0 unspecified atom stereocenters. The van der Waals surface area contributed by atoms with Crippen molar-refractivity contribution < 1.29 is 33.3 Å². The van der Waals surface area contributed by atoms with Gasteiger partial charge in [0, 0.05) is 60.9 Å². The van der Waals surface area contributed by atoms with Gasteiger partial charge in [0.25, 0.3) is 11.6 Å². The van der Waals surface area contributed by atoms with Crippen molar-refractivity contribution in [2.75, 3.05) is 29.5 Å². The minimum absolute atomic E-state index is 0.0642. The molecule has 2 fully saturated rings. The maximum absolute atomic E-state index is 16.4. The molecule has 0 radical (unpaired) electrons. The molecule has 4 atom stereocenters. The van der Waals surface area contributed by atoms with Crippen LogP contribution >= 0.6 is 0 Å². The SMILES string of the molecule is C[C@@H]1[C@@H]([Si](C)(C)F)[C@H](CC(=O)N(CCO)Cc2ccccc2)O[C@@]12C(=O)N(Cc1ccc(N3CCCCCCC3=O)cc1)c1ccc([N+](=O)[O-])cc12. The van der Waals surface area contributed by atoms with Crippen LogP contribution < -0.4 is 9.80 Å². The second-order valence-corrected chi connectivity index (χ2v) is 18.5. The highest BCUT2D eigenvalue weighted by Gasteiger charge is 2.67. The van der Waals surface area contributed by atoms with E-state index in [1.807, 2.05) is 59.5 Å². The third-order valence-electron chi connectivity index (χ3n) is 10.9. The van der Waals surface area contributed by atoms with Gasteiger partial charge in [-0.25, -0.2) is 0 Å². The van der Waals surface area contributed by atoms with Gasteiger partial charge in [0.15, 0.2) is 5.60 Å². The molecule has 0 bridgehead atoms. The predicted molar refractivity (Wildman–Crippen MR) is 198 cm³/mol. The average molecular weight is 731 g/mol. The number of rotatable bonds is 11. The Morgan fingerprint density at radius 2 is 1.75 bits per heavy atom. The normalized spacial score (nSPS) is 23.4. The smallest absolute Gasteiger partial charge is 0.269 e. The zero-order valence-electron chi connectivity index (χ0n) is 30.0. The van der Waals surface area contributed by atoms with Crippen molar-refractivity contribution in [3.8, 4) is 0 Å². The van der Waals surface area contributed by atoms with Gasteiger partial charge in [0.2, 0.25) is 20.2 Å². The summed E-state index contributed by atoms with van der Waals surface area (Å²) in [7, 11) is -3.64. The van der Waals surface area contributed by atoms with Gasteiger partial charge in [0.05, 0.1) is 36.3 Å². The number of nitro groups is 1. The Morgan fingerprint density at radius 1 is 1.04 bits per heavy atom. The molecule has 1 N–H and O–H groups in total. The van der Waals surface area contributed by atoms with Crippen LogP contribution in [0, 0.1) is 16.0 Å². The summed E-state index contributed by atoms with van der Waals surface area (Å²) in [5.74, 6) is -1.48. The third-order valence-corrected chi connectivity index (χ3v) is 13.3. The molecule has 3 amide bonds. The van der Waals surface area contributed by atoms with Gasteiger partial charge in [-0.2, -0.15) is 0 Å². The lowest BCUT2D eigenvalue weighted by Gasteiger charge is -2.31. The van der Waals surface area contributed by atoms with Gasteiger partial charge in [-0.1, -0.05) is 62.2 Å². The molecule has 0 aromatic heterocycles. The van der Waals surface area contributed by atoms with Crippen LogP contribution in [0.15, 0.2) is 72.8 Å². The number of carbonyl (C=O) groups is 3. The van der Waals surface area contributed by atoms with Crippen molar-refractivity contribution in [1.82, 2.24) is 4.90 Å². The topological polar surface area (TPSA) is 134 Å². The molecule has 3 aliphatic heterocycles. The van der Waals surface area contributed by atoms with Crippen molar-refractivity contribution in [3.63, 3.8) is 0 Å². The van der Waals surface area contributed by atoms with Crippen LogP contribution in [0.4, 0.5) is 21.2 Å². The number of halogens is 1. The molecule has 3 heterocycles. The Labute approximate surface area is 304 Å². The lowest BCUT2D eigenvalue weighted by Crippen LogP contribution is -2.45. The quantitative estimate of drug-likeness (QED) is 0.101. The fourth-order valence-electron chi connectivity index (χ4n) is 8.42. The van der Waals surface area contributed by atoms with Gasteiger partial charge < -0.3 is 28.7 Å². The number of hydrogen-bond donors (Lipinski definition) is 1. The van der Waals surface area contributed by atoms with Crippen LogP contribution in [0.25, 0.3) is 0 Å². The Hall–Kier alpha value is -4.46. The summed E-state index contributed by atoms with van der Waals surface area (Å²) in [5, 5.41) is 21.8. The maximum Gasteiger partial charge on any atom is 0.269 e. The predicted octanol–water partition coefficient (Wildman–Crippen LogP) is 6.62. The number of amides is 3. The lowest BCUT2D eigenvalue weighted by atomic mass is 9.82. The van der Waals surface area contributed by atoms with E-state index < -0.39 is 42.4 Å². The molecule has 13 heteroatoms. The molecule has 0 saturated carbocycles. The van der Waals surface area contributed by atoms with E-state index in [0.29, 0.717) is 18.7 Å². The maximum atomic E-state index is 16.4. The minimum atomic E-state index is -3.64. The molecular weight excluding hydrogens is 684 g/mol. The number of non-ortho nitro benzene ring substituents is 1. The first kappa shape index (κ1) is 37.3. The Balaban J connectivity index is 1.32. The van der Waals surface area contributed by atoms with E-state index >= 15 is 4.11 Å². The Morgan fingerprint density at radius 3 is 2.42 bits per heavy atom. The van der Waals surface area contributed by atoms with Gasteiger partial charge in [-0.15, -0.1) is 0 Å². The van der Waals surface area contributed by atoms with E-state index in [1.165, 1.54) is 41.1 Å². The van der Waals surface area contributed by atoms with Crippen LogP contribution in [0.3, 0.4) is 0 Å². The number of ether oxygens (including phenoxy) is 1. The summed E-state index contributed by atoms with van der Waals surface area (Å²) in [4.78, 5) is 57.9. The second-order valence-electron chi connectivity index (χ2n) is 14.7. The molecule has 3 aliphatic rings. The van der Waals surface area contributed by atoms with Crippen LogP contribution in [0.2, 0.25) is 18.6 Å². The fraction of sp³-hybridized carbons (Fsp3) is 0.462. The average Bonchev–Trinajstić information content (AvgIpc) is 3.53. The third kappa shape index (κ3) is 7.26. The second kappa shape index (κ2) is 15.3.